The van der Waals surface area contributed by atoms with E-state index in [4.69, 9.17) is 5.73 Å². The number of carbonyl (C=O) groups is 1. The zero-order valence-corrected chi connectivity index (χ0v) is 11.0. The van der Waals surface area contributed by atoms with Gasteiger partial charge in [-0.25, -0.2) is 0 Å². The fraction of sp³-hybridized carbons (Fsp3) is 0.538. The fourth-order valence-electron chi connectivity index (χ4n) is 2.24. The molecule has 1 aliphatic rings. The van der Waals surface area contributed by atoms with Crippen LogP contribution in [-0.4, -0.2) is 60.0 Å². The lowest BCUT2D eigenvalue weighted by atomic mass is 10.2. The molecule has 1 aliphatic heterocycles. The fourth-order valence-corrected chi connectivity index (χ4v) is 2.24. The van der Waals surface area contributed by atoms with Crippen molar-refractivity contribution in [3.63, 3.8) is 0 Å². The van der Waals surface area contributed by atoms with Crippen molar-refractivity contribution in [2.75, 3.05) is 39.3 Å². The molecule has 0 saturated carbocycles. The van der Waals surface area contributed by atoms with Gasteiger partial charge in [0.1, 0.15) is 5.56 Å². The molecule has 0 radical (unpaired) electrons. The third-order valence-corrected chi connectivity index (χ3v) is 3.39. The van der Waals surface area contributed by atoms with Crippen LogP contribution in [-0.2, 0) is 0 Å². The maximum absolute atomic E-state index is 12.2. The zero-order valence-electron chi connectivity index (χ0n) is 11.0. The summed E-state index contributed by atoms with van der Waals surface area (Å²) >= 11 is 0. The van der Waals surface area contributed by atoms with Crippen molar-refractivity contribution in [2.24, 2.45) is 5.73 Å². The van der Waals surface area contributed by atoms with Crippen molar-refractivity contribution in [1.29, 1.82) is 0 Å². The van der Waals surface area contributed by atoms with E-state index in [1.807, 2.05) is 0 Å². The number of nitrogens with zero attached hydrogens (tertiary/aromatic N) is 2. The minimum Gasteiger partial charge on any atom is -0.367 e. The SMILES string of the molecule is NCCCN1CCN(C(=O)c2c[nH]ccc2=O)CC1. The summed E-state index contributed by atoms with van der Waals surface area (Å²) in [6.45, 7) is 4.69. The molecular formula is C13H20N4O2. The van der Waals surface area contributed by atoms with Gasteiger partial charge >= 0.3 is 0 Å². The number of hydrogen-bond donors (Lipinski definition) is 2. The molecule has 3 N–H and O–H groups in total. The zero-order chi connectivity index (χ0) is 13.7. The molecule has 1 amide bonds. The summed E-state index contributed by atoms with van der Waals surface area (Å²) in [6, 6.07) is 1.38. The van der Waals surface area contributed by atoms with E-state index < -0.39 is 0 Å². The van der Waals surface area contributed by atoms with Gasteiger partial charge in [0, 0.05) is 44.6 Å². The third-order valence-electron chi connectivity index (χ3n) is 3.39. The van der Waals surface area contributed by atoms with E-state index in [1.54, 1.807) is 4.90 Å². The van der Waals surface area contributed by atoms with E-state index in [9.17, 15) is 9.59 Å². The highest BCUT2D eigenvalue weighted by molar-refractivity contribution is 5.93. The van der Waals surface area contributed by atoms with Gasteiger partial charge in [-0.1, -0.05) is 0 Å². The summed E-state index contributed by atoms with van der Waals surface area (Å²) < 4.78 is 0. The maximum atomic E-state index is 12.2. The van der Waals surface area contributed by atoms with Crippen molar-refractivity contribution >= 4 is 5.91 Å². The molecule has 0 atom stereocenters. The Morgan fingerprint density at radius 2 is 2.05 bits per heavy atom. The van der Waals surface area contributed by atoms with Crippen LogP contribution in [0.5, 0.6) is 0 Å². The van der Waals surface area contributed by atoms with Gasteiger partial charge in [-0.2, -0.15) is 0 Å². The minimum atomic E-state index is -0.227. The van der Waals surface area contributed by atoms with E-state index in [1.165, 1.54) is 18.5 Å². The predicted molar refractivity (Wildman–Crippen MR) is 73.1 cm³/mol. The van der Waals surface area contributed by atoms with Crippen molar-refractivity contribution in [3.05, 3.63) is 34.2 Å². The lowest BCUT2D eigenvalue weighted by Crippen LogP contribution is -2.49. The molecular weight excluding hydrogens is 244 g/mol. The number of H-pyrrole nitrogens is 1. The predicted octanol–water partition coefficient (Wildman–Crippen LogP) is -0.518. The Hall–Kier alpha value is -1.66. The third kappa shape index (κ3) is 3.42. The molecule has 1 fully saturated rings. The Morgan fingerprint density at radius 1 is 1.32 bits per heavy atom. The van der Waals surface area contributed by atoms with Crippen LogP contribution in [0.1, 0.15) is 16.8 Å². The molecule has 19 heavy (non-hydrogen) atoms. The average Bonchev–Trinajstić information content (AvgIpc) is 2.45. The van der Waals surface area contributed by atoms with Crippen LogP contribution >= 0.6 is 0 Å². The van der Waals surface area contributed by atoms with Crippen LogP contribution < -0.4 is 11.2 Å². The first-order chi connectivity index (χ1) is 9.22. The van der Waals surface area contributed by atoms with Crippen LogP contribution in [0.4, 0.5) is 0 Å². The Bertz CT molecular complexity index is 478. The van der Waals surface area contributed by atoms with Gasteiger partial charge in [0.15, 0.2) is 5.43 Å². The van der Waals surface area contributed by atoms with Crippen LogP contribution in [0.25, 0.3) is 0 Å². The lowest BCUT2D eigenvalue weighted by Gasteiger charge is -2.34. The molecule has 6 heteroatoms. The number of pyridine rings is 1. The standard InChI is InChI=1S/C13H20N4O2/c14-3-1-5-16-6-8-17(9-7-16)13(19)11-10-15-4-2-12(11)18/h2,4,10H,1,3,5-9,14H2,(H,15,18). The normalized spacial score (nSPS) is 16.6. The second kappa shape index (κ2) is 6.49. The number of amides is 1. The first-order valence-electron chi connectivity index (χ1n) is 6.61. The first-order valence-corrected chi connectivity index (χ1v) is 6.61. The second-order valence-electron chi connectivity index (χ2n) is 4.70. The van der Waals surface area contributed by atoms with E-state index in [0.717, 1.165) is 26.1 Å². The Kier molecular flexibility index (Phi) is 4.70. The number of aromatic amines is 1. The Morgan fingerprint density at radius 3 is 2.68 bits per heavy atom. The molecule has 0 aliphatic carbocycles. The number of nitrogens with two attached hydrogens (primary N) is 1. The molecule has 1 aromatic heterocycles. The van der Waals surface area contributed by atoms with Crippen LogP contribution in [0, 0.1) is 0 Å². The number of nitrogens with one attached hydrogen (secondary N) is 1. The van der Waals surface area contributed by atoms with E-state index >= 15 is 0 Å². The highest BCUT2D eigenvalue weighted by Gasteiger charge is 2.23. The minimum absolute atomic E-state index is 0.180. The maximum Gasteiger partial charge on any atom is 0.259 e. The number of piperazine rings is 1. The van der Waals surface area contributed by atoms with Crippen LogP contribution in [0.3, 0.4) is 0 Å². The molecule has 2 heterocycles. The molecule has 104 valence electrons. The number of rotatable bonds is 4. The summed E-state index contributed by atoms with van der Waals surface area (Å²) in [6.07, 6.45) is 3.99. The topological polar surface area (TPSA) is 82.4 Å². The first kappa shape index (κ1) is 13.8. The second-order valence-corrected chi connectivity index (χ2v) is 4.70. The number of hydrogen-bond acceptors (Lipinski definition) is 4. The molecule has 1 saturated heterocycles. The van der Waals surface area contributed by atoms with E-state index in [2.05, 4.69) is 9.88 Å². The summed E-state index contributed by atoms with van der Waals surface area (Å²) in [5.74, 6) is -0.180. The Labute approximate surface area is 112 Å². The molecule has 0 unspecified atom stereocenters. The summed E-state index contributed by atoms with van der Waals surface area (Å²) in [5.41, 5.74) is 5.48. The number of aromatic nitrogens is 1. The lowest BCUT2D eigenvalue weighted by molar-refractivity contribution is 0.0635. The van der Waals surface area contributed by atoms with Crippen molar-refractivity contribution in [2.45, 2.75) is 6.42 Å². The molecule has 6 nitrogen and oxygen atoms in total. The van der Waals surface area contributed by atoms with Crippen molar-refractivity contribution < 1.29 is 4.79 Å². The van der Waals surface area contributed by atoms with Gasteiger partial charge in [-0.15, -0.1) is 0 Å². The summed E-state index contributed by atoms with van der Waals surface area (Å²) in [5, 5.41) is 0. The highest BCUT2D eigenvalue weighted by atomic mass is 16.2. The van der Waals surface area contributed by atoms with Crippen molar-refractivity contribution in [1.82, 2.24) is 14.8 Å². The van der Waals surface area contributed by atoms with Crippen LogP contribution in [0.15, 0.2) is 23.3 Å². The van der Waals surface area contributed by atoms with Gasteiger partial charge in [0.25, 0.3) is 5.91 Å². The highest BCUT2D eigenvalue weighted by Crippen LogP contribution is 2.06. The smallest absolute Gasteiger partial charge is 0.259 e. The molecule has 0 spiro atoms. The van der Waals surface area contributed by atoms with Gasteiger partial charge in [-0.3, -0.25) is 14.5 Å². The monoisotopic (exact) mass is 264 g/mol. The molecule has 1 aromatic rings. The average molecular weight is 264 g/mol. The van der Waals surface area contributed by atoms with Crippen LogP contribution in [0.2, 0.25) is 0 Å². The number of carbonyl (C=O) groups excluding carboxylic acids is 1. The molecule has 0 aromatic carbocycles. The van der Waals surface area contributed by atoms with Gasteiger partial charge in [0.2, 0.25) is 0 Å². The van der Waals surface area contributed by atoms with Gasteiger partial charge in [-0.05, 0) is 19.5 Å². The summed E-state index contributed by atoms with van der Waals surface area (Å²) in [7, 11) is 0. The largest absolute Gasteiger partial charge is 0.367 e. The van der Waals surface area contributed by atoms with E-state index in [-0.39, 0.29) is 16.9 Å². The van der Waals surface area contributed by atoms with Gasteiger partial charge in [0.05, 0.1) is 0 Å². The van der Waals surface area contributed by atoms with E-state index in [0.29, 0.717) is 19.6 Å². The molecule has 0 bridgehead atoms. The quantitative estimate of drug-likeness (QED) is 0.767. The van der Waals surface area contributed by atoms with Crippen molar-refractivity contribution in [3.8, 4) is 0 Å². The molecule has 2 rings (SSSR count). The Balaban J connectivity index is 1.93. The summed E-state index contributed by atoms with van der Waals surface area (Å²) in [4.78, 5) is 30.6. The van der Waals surface area contributed by atoms with Gasteiger partial charge < -0.3 is 15.6 Å².